The number of furan rings is 2. The molecule has 0 amide bonds. The topological polar surface area (TPSA) is 56.5 Å². The van der Waals surface area contributed by atoms with Gasteiger partial charge in [0.2, 0.25) is 0 Å². The summed E-state index contributed by atoms with van der Waals surface area (Å²) in [6.45, 7) is 3.92. The van der Waals surface area contributed by atoms with E-state index in [1.54, 1.807) is 19.2 Å². The molecule has 0 N–H and O–H groups in total. The van der Waals surface area contributed by atoms with Crippen LogP contribution < -0.4 is 4.74 Å². The van der Waals surface area contributed by atoms with Gasteiger partial charge < -0.3 is 9.15 Å². The van der Waals surface area contributed by atoms with E-state index in [2.05, 4.69) is 0 Å². The number of ether oxygens (including phenoxy) is 1. The summed E-state index contributed by atoms with van der Waals surface area (Å²) in [5.74, 6) is -0.281. The molecule has 0 radical (unpaired) electrons. The molecule has 0 unspecified atom stereocenters. The maximum absolute atomic E-state index is 13.1. The quantitative estimate of drug-likeness (QED) is 0.458. The fourth-order valence-electron chi connectivity index (χ4n) is 4.39. The number of rotatable bonds is 3. The second-order valence-electron chi connectivity index (χ2n) is 7.33. The van der Waals surface area contributed by atoms with Gasteiger partial charge in [-0.3, -0.25) is 9.59 Å². The Morgan fingerprint density at radius 2 is 1.32 bits per heavy atom. The molecule has 5 rings (SSSR count). The molecule has 2 bridgehead atoms. The Labute approximate surface area is 162 Å². The third-order valence-corrected chi connectivity index (χ3v) is 5.67. The third-order valence-electron chi connectivity index (χ3n) is 5.67. The smallest absolute Gasteiger partial charge is 0.182 e. The average molecular weight is 370 g/mol. The number of ketones is 2. The highest BCUT2D eigenvalue weighted by Crippen LogP contribution is 2.44. The molecular weight excluding hydrogens is 352 g/mol. The van der Waals surface area contributed by atoms with Crippen molar-refractivity contribution in [2.75, 3.05) is 7.11 Å². The summed E-state index contributed by atoms with van der Waals surface area (Å²) in [5.41, 5.74) is 6.72. The van der Waals surface area contributed by atoms with Gasteiger partial charge >= 0.3 is 0 Å². The fraction of sp³-hybridized carbons (Fsp3) is 0.167. The van der Waals surface area contributed by atoms with Crippen molar-refractivity contribution in [2.24, 2.45) is 0 Å². The van der Waals surface area contributed by atoms with Gasteiger partial charge in [0.25, 0.3) is 0 Å². The molecule has 4 aromatic rings. The summed E-state index contributed by atoms with van der Waals surface area (Å²) in [6.07, 6.45) is 0. The molecule has 4 heteroatoms. The van der Waals surface area contributed by atoms with Crippen LogP contribution in [0.2, 0.25) is 0 Å². The summed E-state index contributed by atoms with van der Waals surface area (Å²) in [6, 6.07) is 15.4. The monoisotopic (exact) mass is 370 g/mol. The zero-order valence-electron chi connectivity index (χ0n) is 15.8. The van der Waals surface area contributed by atoms with Crippen molar-refractivity contribution in [3.05, 3.63) is 76.3 Å². The van der Waals surface area contributed by atoms with Crippen LogP contribution in [0.1, 0.15) is 43.3 Å². The molecular formula is C24H18O4. The molecule has 0 aliphatic heterocycles. The molecule has 4 nitrogen and oxygen atoms in total. The molecule has 0 saturated heterocycles. The van der Waals surface area contributed by atoms with Gasteiger partial charge in [-0.05, 0) is 65.9 Å². The van der Waals surface area contributed by atoms with Crippen LogP contribution in [0.4, 0.5) is 0 Å². The normalized spacial score (nSPS) is 14.2. The number of fused-ring (bicyclic) bond motifs is 5. The lowest BCUT2D eigenvalue weighted by molar-refractivity contribution is 0.0889. The van der Waals surface area contributed by atoms with E-state index in [9.17, 15) is 9.59 Å². The Morgan fingerprint density at radius 1 is 0.786 bits per heavy atom. The number of aryl methyl sites for hydroxylation is 2. The molecule has 0 saturated carbocycles. The molecule has 0 fully saturated rings. The van der Waals surface area contributed by atoms with Gasteiger partial charge in [0.1, 0.15) is 22.8 Å². The fourth-order valence-corrected chi connectivity index (χ4v) is 4.39. The second kappa shape index (κ2) is 5.80. The highest BCUT2D eigenvalue weighted by atomic mass is 16.5. The van der Waals surface area contributed by atoms with Crippen LogP contribution >= 0.6 is 0 Å². The van der Waals surface area contributed by atoms with Crippen LogP contribution in [-0.2, 0) is 0 Å². The van der Waals surface area contributed by atoms with E-state index in [0.717, 1.165) is 33.6 Å². The summed E-state index contributed by atoms with van der Waals surface area (Å²) in [7, 11) is 1.64. The standard InChI is InChI=1S/C24H18O4/c1-12-10-15(14-4-6-16(27-3)7-5-14)11-13(2)19(12)22-23(25)20-17-8-9-18(28-17)21(20)24(22)26/h4-11,22H,1-3H3. The second-order valence-corrected chi connectivity index (χ2v) is 7.33. The number of hydrogen-bond acceptors (Lipinski definition) is 4. The van der Waals surface area contributed by atoms with Gasteiger partial charge in [-0.15, -0.1) is 0 Å². The maximum atomic E-state index is 13.1. The van der Waals surface area contributed by atoms with Crippen LogP contribution in [-0.4, -0.2) is 18.7 Å². The van der Waals surface area contributed by atoms with Crippen LogP contribution in [0, 0.1) is 13.8 Å². The molecule has 0 spiro atoms. The molecule has 1 aliphatic rings. The SMILES string of the molecule is COc1ccc(-c2cc(C)c(C3C(=O)c4c(c5ccc4o5)C3=O)c(C)c2)cc1. The average Bonchev–Trinajstić information content (AvgIpc) is 3.37. The van der Waals surface area contributed by atoms with Gasteiger partial charge in [0.05, 0.1) is 18.2 Å². The predicted octanol–water partition coefficient (Wildman–Crippen LogP) is 5.33. The Morgan fingerprint density at radius 3 is 1.82 bits per heavy atom. The maximum Gasteiger partial charge on any atom is 0.182 e. The first-order valence-corrected chi connectivity index (χ1v) is 9.18. The highest BCUT2D eigenvalue weighted by Gasteiger charge is 2.45. The zero-order valence-corrected chi connectivity index (χ0v) is 15.8. The first-order valence-electron chi connectivity index (χ1n) is 9.18. The Kier molecular flexibility index (Phi) is 3.47. The lowest BCUT2D eigenvalue weighted by Gasteiger charge is -2.17. The van der Waals surface area contributed by atoms with Crippen molar-refractivity contribution in [3.8, 4) is 16.9 Å². The summed E-state index contributed by atoms with van der Waals surface area (Å²) >= 11 is 0. The summed E-state index contributed by atoms with van der Waals surface area (Å²) in [5, 5.41) is 0. The van der Waals surface area contributed by atoms with E-state index in [4.69, 9.17) is 9.15 Å². The largest absolute Gasteiger partial charge is 0.497 e. The van der Waals surface area contributed by atoms with Crippen LogP contribution in [0.3, 0.4) is 0 Å². The Bertz CT molecular complexity index is 1180. The van der Waals surface area contributed by atoms with E-state index in [-0.39, 0.29) is 11.6 Å². The number of benzene rings is 3. The first kappa shape index (κ1) is 16.8. The molecule has 2 aromatic carbocycles. The van der Waals surface area contributed by atoms with Gasteiger partial charge in [0.15, 0.2) is 11.6 Å². The Hall–Kier alpha value is -3.40. The minimum Gasteiger partial charge on any atom is -0.497 e. The lowest BCUT2D eigenvalue weighted by Crippen LogP contribution is -2.16. The summed E-state index contributed by atoms with van der Waals surface area (Å²) < 4.78 is 10.7. The van der Waals surface area contributed by atoms with Crippen molar-refractivity contribution in [3.63, 3.8) is 0 Å². The van der Waals surface area contributed by atoms with Crippen LogP contribution in [0.25, 0.3) is 22.3 Å². The lowest BCUT2D eigenvalue weighted by atomic mass is 9.85. The molecule has 28 heavy (non-hydrogen) atoms. The molecule has 2 heterocycles. The van der Waals surface area contributed by atoms with Gasteiger partial charge in [0, 0.05) is 0 Å². The third kappa shape index (κ3) is 2.18. The van der Waals surface area contributed by atoms with E-state index in [1.165, 1.54) is 0 Å². The number of Topliss-reactive ketones (excluding diaryl/α,β-unsaturated/α-hetero) is 2. The highest BCUT2D eigenvalue weighted by molar-refractivity contribution is 6.35. The van der Waals surface area contributed by atoms with Crippen molar-refractivity contribution < 1.29 is 18.7 Å². The molecule has 138 valence electrons. The minimum atomic E-state index is -0.774. The van der Waals surface area contributed by atoms with E-state index in [0.29, 0.717) is 22.3 Å². The zero-order chi connectivity index (χ0) is 19.6. The predicted molar refractivity (Wildman–Crippen MR) is 107 cm³/mol. The summed E-state index contributed by atoms with van der Waals surface area (Å²) in [4.78, 5) is 26.2. The number of hydrogen-bond donors (Lipinski definition) is 0. The Balaban J connectivity index is 1.59. The van der Waals surface area contributed by atoms with Crippen molar-refractivity contribution >= 4 is 22.7 Å². The van der Waals surface area contributed by atoms with Crippen molar-refractivity contribution in [1.29, 1.82) is 0 Å². The number of carbonyl (C=O) groups is 2. The first-order chi connectivity index (χ1) is 13.5. The van der Waals surface area contributed by atoms with Crippen LogP contribution in [0.5, 0.6) is 5.75 Å². The molecule has 2 aromatic heterocycles. The van der Waals surface area contributed by atoms with Crippen molar-refractivity contribution in [1.82, 2.24) is 0 Å². The van der Waals surface area contributed by atoms with Crippen LogP contribution in [0.15, 0.2) is 52.9 Å². The number of methoxy groups -OCH3 is 1. The van der Waals surface area contributed by atoms with E-state index >= 15 is 0 Å². The van der Waals surface area contributed by atoms with E-state index < -0.39 is 5.92 Å². The minimum absolute atomic E-state index is 0.155. The molecule has 0 atom stereocenters. The molecule has 1 aliphatic carbocycles. The number of carbonyl (C=O) groups excluding carboxylic acids is 2. The van der Waals surface area contributed by atoms with Gasteiger partial charge in [-0.2, -0.15) is 0 Å². The van der Waals surface area contributed by atoms with E-state index in [1.807, 2.05) is 50.2 Å². The van der Waals surface area contributed by atoms with Gasteiger partial charge in [-0.25, -0.2) is 0 Å². The van der Waals surface area contributed by atoms with Gasteiger partial charge in [-0.1, -0.05) is 24.3 Å². The van der Waals surface area contributed by atoms with Crippen molar-refractivity contribution in [2.45, 2.75) is 19.8 Å².